The summed E-state index contributed by atoms with van der Waals surface area (Å²) in [5.41, 5.74) is 8.27. The van der Waals surface area contributed by atoms with Gasteiger partial charge in [0.2, 0.25) is 0 Å². The lowest BCUT2D eigenvalue weighted by molar-refractivity contribution is 0.581. The first kappa shape index (κ1) is 12.9. The summed E-state index contributed by atoms with van der Waals surface area (Å²) < 4.78 is 26.0. The SMILES string of the molecule is Cc1cccc(SCc2cc(F)cc(F)c2)c1N. The van der Waals surface area contributed by atoms with E-state index in [1.165, 1.54) is 23.9 Å². The number of benzene rings is 2. The van der Waals surface area contributed by atoms with Crippen LogP contribution in [-0.4, -0.2) is 0 Å². The molecular weight excluding hydrogens is 252 g/mol. The van der Waals surface area contributed by atoms with E-state index in [0.29, 0.717) is 11.3 Å². The number of thioether (sulfide) groups is 1. The van der Waals surface area contributed by atoms with E-state index < -0.39 is 11.6 Å². The van der Waals surface area contributed by atoms with Gasteiger partial charge in [-0.1, -0.05) is 12.1 Å². The van der Waals surface area contributed by atoms with Gasteiger partial charge in [0.15, 0.2) is 0 Å². The summed E-state index contributed by atoms with van der Waals surface area (Å²) in [4.78, 5) is 0.930. The first-order valence-electron chi connectivity index (χ1n) is 5.49. The molecule has 0 spiro atoms. The normalized spacial score (nSPS) is 10.6. The summed E-state index contributed by atoms with van der Waals surface area (Å²) in [5.74, 6) is -0.617. The standard InChI is InChI=1S/C14H13F2NS/c1-9-3-2-4-13(14(9)17)18-8-10-5-11(15)7-12(16)6-10/h2-7H,8,17H2,1H3. The molecule has 2 rings (SSSR count). The molecule has 94 valence electrons. The van der Waals surface area contributed by atoms with Crippen LogP contribution < -0.4 is 5.73 Å². The second kappa shape index (κ2) is 5.40. The van der Waals surface area contributed by atoms with E-state index in [1.54, 1.807) is 0 Å². The van der Waals surface area contributed by atoms with Crippen molar-refractivity contribution < 1.29 is 8.78 Å². The molecular formula is C14H13F2NS. The van der Waals surface area contributed by atoms with Crippen LogP contribution in [0.4, 0.5) is 14.5 Å². The molecule has 0 unspecified atom stereocenters. The first-order chi connectivity index (χ1) is 8.56. The van der Waals surface area contributed by atoms with E-state index in [9.17, 15) is 8.78 Å². The molecule has 18 heavy (non-hydrogen) atoms. The average molecular weight is 265 g/mol. The van der Waals surface area contributed by atoms with Crippen LogP contribution in [0.1, 0.15) is 11.1 Å². The second-order valence-corrected chi connectivity index (χ2v) is 5.07. The highest BCUT2D eigenvalue weighted by Crippen LogP contribution is 2.30. The minimum absolute atomic E-state index is 0.488. The van der Waals surface area contributed by atoms with Gasteiger partial charge in [-0.2, -0.15) is 0 Å². The fourth-order valence-corrected chi connectivity index (χ4v) is 2.62. The Kier molecular flexibility index (Phi) is 3.87. The van der Waals surface area contributed by atoms with Gasteiger partial charge in [0, 0.05) is 22.4 Å². The van der Waals surface area contributed by atoms with E-state index in [1.807, 2.05) is 25.1 Å². The van der Waals surface area contributed by atoms with Gasteiger partial charge in [-0.3, -0.25) is 0 Å². The fraction of sp³-hybridized carbons (Fsp3) is 0.143. The van der Waals surface area contributed by atoms with Crippen LogP contribution in [0.2, 0.25) is 0 Å². The molecule has 4 heteroatoms. The maximum absolute atomic E-state index is 13.0. The van der Waals surface area contributed by atoms with E-state index in [0.717, 1.165) is 22.2 Å². The number of nitrogens with two attached hydrogens (primary N) is 1. The lowest BCUT2D eigenvalue weighted by Gasteiger charge is -2.08. The van der Waals surface area contributed by atoms with Crippen LogP contribution in [0.3, 0.4) is 0 Å². The molecule has 0 radical (unpaired) electrons. The molecule has 0 aliphatic carbocycles. The van der Waals surface area contributed by atoms with Gasteiger partial charge in [-0.05, 0) is 36.2 Å². The van der Waals surface area contributed by atoms with Crippen LogP contribution in [0.25, 0.3) is 0 Å². The number of halogens is 2. The Morgan fingerprint density at radius 2 is 1.78 bits per heavy atom. The zero-order valence-corrected chi connectivity index (χ0v) is 10.7. The molecule has 0 saturated carbocycles. The third-order valence-corrected chi connectivity index (χ3v) is 3.75. The predicted octanol–water partition coefficient (Wildman–Crippen LogP) is 4.15. The monoisotopic (exact) mass is 265 g/mol. The topological polar surface area (TPSA) is 26.0 Å². The highest BCUT2D eigenvalue weighted by atomic mass is 32.2. The van der Waals surface area contributed by atoms with Gasteiger partial charge < -0.3 is 5.73 Å². The van der Waals surface area contributed by atoms with Crippen molar-refractivity contribution in [3.05, 3.63) is 59.2 Å². The Bertz CT molecular complexity index is 549. The maximum atomic E-state index is 13.0. The first-order valence-corrected chi connectivity index (χ1v) is 6.47. The number of aryl methyl sites for hydroxylation is 1. The Balaban J connectivity index is 2.14. The lowest BCUT2D eigenvalue weighted by Crippen LogP contribution is -1.93. The highest BCUT2D eigenvalue weighted by molar-refractivity contribution is 7.98. The van der Waals surface area contributed by atoms with Crippen molar-refractivity contribution in [1.82, 2.24) is 0 Å². The van der Waals surface area contributed by atoms with E-state index in [2.05, 4.69) is 0 Å². The van der Waals surface area contributed by atoms with Crippen LogP contribution in [0.5, 0.6) is 0 Å². The molecule has 0 saturated heterocycles. The molecule has 0 fully saturated rings. The average Bonchev–Trinajstić information content (AvgIpc) is 2.30. The number of nitrogen functional groups attached to an aromatic ring is 1. The molecule has 2 N–H and O–H groups in total. The summed E-state index contributed by atoms with van der Waals surface area (Å²) in [5, 5.41) is 0. The van der Waals surface area contributed by atoms with E-state index >= 15 is 0 Å². The van der Waals surface area contributed by atoms with Gasteiger partial charge in [0.05, 0.1) is 0 Å². The second-order valence-electron chi connectivity index (χ2n) is 4.05. The summed E-state index contributed by atoms with van der Waals surface area (Å²) in [6.07, 6.45) is 0. The molecule has 0 bridgehead atoms. The van der Waals surface area contributed by atoms with Crippen molar-refractivity contribution in [2.45, 2.75) is 17.6 Å². The van der Waals surface area contributed by atoms with E-state index in [4.69, 9.17) is 5.73 Å². The fourth-order valence-electron chi connectivity index (χ4n) is 1.63. The summed E-state index contributed by atoms with van der Waals surface area (Å²) in [7, 11) is 0. The quantitative estimate of drug-likeness (QED) is 0.666. The minimum Gasteiger partial charge on any atom is -0.398 e. The number of hydrogen-bond acceptors (Lipinski definition) is 2. The molecule has 0 aromatic heterocycles. The molecule has 2 aromatic carbocycles. The number of rotatable bonds is 3. The summed E-state index contributed by atoms with van der Waals surface area (Å²) in [6, 6.07) is 9.30. The van der Waals surface area contributed by atoms with Gasteiger partial charge in [0.25, 0.3) is 0 Å². The van der Waals surface area contributed by atoms with Crippen LogP contribution >= 0.6 is 11.8 Å². The van der Waals surface area contributed by atoms with Crippen molar-refractivity contribution in [1.29, 1.82) is 0 Å². The zero-order chi connectivity index (χ0) is 13.1. The van der Waals surface area contributed by atoms with Crippen LogP contribution in [0, 0.1) is 18.6 Å². The Morgan fingerprint density at radius 3 is 2.44 bits per heavy atom. The molecule has 1 nitrogen and oxygen atoms in total. The maximum Gasteiger partial charge on any atom is 0.126 e. The third-order valence-electron chi connectivity index (χ3n) is 2.60. The van der Waals surface area contributed by atoms with Gasteiger partial charge in [-0.15, -0.1) is 11.8 Å². The Hall–Kier alpha value is -1.55. The van der Waals surface area contributed by atoms with Crippen molar-refractivity contribution in [3.63, 3.8) is 0 Å². The number of para-hydroxylation sites is 1. The Morgan fingerprint density at radius 1 is 1.11 bits per heavy atom. The molecule has 0 amide bonds. The molecule has 2 aromatic rings. The number of hydrogen-bond donors (Lipinski definition) is 1. The molecule has 0 heterocycles. The van der Waals surface area contributed by atoms with Gasteiger partial charge in [0.1, 0.15) is 11.6 Å². The highest BCUT2D eigenvalue weighted by Gasteiger charge is 2.05. The minimum atomic E-state index is -0.553. The third kappa shape index (κ3) is 3.01. The lowest BCUT2D eigenvalue weighted by atomic mass is 10.2. The Labute approximate surface area is 109 Å². The zero-order valence-electron chi connectivity index (χ0n) is 9.91. The smallest absolute Gasteiger partial charge is 0.126 e. The summed E-state index contributed by atoms with van der Waals surface area (Å²) in [6.45, 7) is 1.93. The largest absolute Gasteiger partial charge is 0.398 e. The van der Waals surface area contributed by atoms with Gasteiger partial charge >= 0.3 is 0 Å². The molecule has 0 aliphatic heterocycles. The van der Waals surface area contributed by atoms with Crippen molar-refractivity contribution >= 4 is 17.4 Å². The van der Waals surface area contributed by atoms with Crippen molar-refractivity contribution in [3.8, 4) is 0 Å². The number of anilines is 1. The molecule has 0 aliphatic rings. The van der Waals surface area contributed by atoms with Crippen molar-refractivity contribution in [2.75, 3.05) is 5.73 Å². The predicted molar refractivity (Wildman–Crippen MR) is 71.5 cm³/mol. The van der Waals surface area contributed by atoms with E-state index in [-0.39, 0.29) is 0 Å². The molecule has 0 atom stereocenters. The van der Waals surface area contributed by atoms with Gasteiger partial charge in [-0.25, -0.2) is 8.78 Å². The summed E-state index contributed by atoms with van der Waals surface area (Å²) >= 11 is 1.47. The van der Waals surface area contributed by atoms with Crippen LogP contribution in [-0.2, 0) is 5.75 Å². The van der Waals surface area contributed by atoms with Crippen LogP contribution in [0.15, 0.2) is 41.3 Å². The van der Waals surface area contributed by atoms with Crippen molar-refractivity contribution in [2.24, 2.45) is 0 Å².